The van der Waals surface area contributed by atoms with E-state index in [1.165, 1.54) is 19.1 Å². The number of halogens is 3. The molecule has 0 unspecified atom stereocenters. The molecule has 0 aliphatic carbocycles. The minimum atomic E-state index is -1.84. The highest BCUT2D eigenvalue weighted by Crippen LogP contribution is 2.30. The maximum absolute atomic E-state index is 11.8. The van der Waals surface area contributed by atoms with Crippen LogP contribution in [-0.4, -0.2) is 54.3 Å². The molecule has 2 amide bonds. The van der Waals surface area contributed by atoms with Crippen LogP contribution < -0.4 is 25.4 Å². The molecule has 1 aromatic carbocycles. The van der Waals surface area contributed by atoms with Gasteiger partial charge >= 0.3 is 6.03 Å². The van der Waals surface area contributed by atoms with Gasteiger partial charge < -0.3 is 30.3 Å². The molecule has 0 aliphatic heterocycles. The van der Waals surface area contributed by atoms with Crippen molar-refractivity contribution >= 4 is 63.9 Å². The van der Waals surface area contributed by atoms with Crippen LogP contribution in [0, 0.1) is 0 Å². The van der Waals surface area contributed by atoms with E-state index in [1.807, 2.05) is 0 Å². The SMILES string of the molecule is COc1ccc(OC)c(NC(=S)N[C@H](NC(=O)N(C)C)C(Cl)(Cl)Cl)c1. The van der Waals surface area contributed by atoms with Crippen LogP contribution in [0.25, 0.3) is 0 Å². The zero-order chi connectivity index (χ0) is 19.2. The summed E-state index contributed by atoms with van der Waals surface area (Å²) < 4.78 is 8.58. The molecule has 3 N–H and O–H groups in total. The Balaban J connectivity index is 2.89. The van der Waals surface area contributed by atoms with Gasteiger partial charge in [-0.15, -0.1) is 0 Å². The molecule has 1 aromatic rings. The second kappa shape index (κ2) is 9.38. The minimum absolute atomic E-state index is 0.113. The molecule has 140 valence electrons. The number of amides is 2. The smallest absolute Gasteiger partial charge is 0.318 e. The number of thiocarbonyl (C=S) groups is 1. The van der Waals surface area contributed by atoms with Crippen LogP contribution in [0.15, 0.2) is 18.2 Å². The Bertz CT molecular complexity index is 626. The number of hydrogen-bond acceptors (Lipinski definition) is 4. The van der Waals surface area contributed by atoms with E-state index >= 15 is 0 Å². The Labute approximate surface area is 166 Å². The lowest BCUT2D eigenvalue weighted by molar-refractivity contribution is 0.212. The van der Waals surface area contributed by atoms with Crippen LogP contribution >= 0.6 is 47.0 Å². The lowest BCUT2D eigenvalue weighted by Crippen LogP contribution is -2.57. The highest BCUT2D eigenvalue weighted by atomic mass is 35.6. The Morgan fingerprint density at radius 2 is 1.84 bits per heavy atom. The number of hydrogen-bond donors (Lipinski definition) is 3. The Hall–Kier alpha value is -1.35. The molecular weight excluding hydrogens is 411 g/mol. The molecule has 0 aliphatic rings. The summed E-state index contributed by atoms with van der Waals surface area (Å²) >= 11 is 22.9. The molecule has 11 heteroatoms. The maximum atomic E-state index is 11.8. The third kappa shape index (κ3) is 6.81. The summed E-state index contributed by atoms with van der Waals surface area (Å²) in [7, 11) is 6.17. The van der Waals surface area contributed by atoms with E-state index in [0.29, 0.717) is 17.2 Å². The zero-order valence-corrected chi connectivity index (χ0v) is 17.1. The van der Waals surface area contributed by atoms with Crippen molar-refractivity contribution in [2.75, 3.05) is 33.6 Å². The van der Waals surface area contributed by atoms with Gasteiger partial charge in [0.2, 0.25) is 3.79 Å². The molecule has 0 bridgehead atoms. The molecule has 0 radical (unpaired) electrons. The molecule has 0 fully saturated rings. The number of nitrogens with zero attached hydrogens (tertiary/aromatic N) is 1. The summed E-state index contributed by atoms with van der Waals surface area (Å²) in [5.41, 5.74) is 0.543. The van der Waals surface area contributed by atoms with Crippen molar-refractivity contribution in [3.8, 4) is 11.5 Å². The number of rotatable bonds is 5. The molecular formula is C14H19Cl3N4O3S. The van der Waals surface area contributed by atoms with Gasteiger partial charge in [0.1, 0.15) is 11.5 Å². The number of benzene rings is 1. The van der Waals surface area contributed by atoms with Crippen LogP contribution in [0.2, 0.25) is 0 Å². The van der Waals surface area contributed by atoms with E-state index in [1.54, 1.807) is 32.3 Å². The fraction of sp³-hybridized carbons (Fsp3) is 0.429. The van der Waals surface area contributed by atoms with E-state index in [0.717, 1.165) is 0 Å². The first kappa shape index (κ1) is 21.7. The number of urea groups is 1. The molecule has 7 nitrogen and oxygen atoms in total. The Morgan fingerprint density at radius 1 is 1.20 bits per heavy atom. The van der Waals surface area contributed by atoms with E-state index < -0.39 is 16.0 Å². The largest absolute Gasteiger partial charge is 0.497 e. The quantitative estimate of drug-likeness (QED) is 0.380. The van der Waals surface area contributed by atoms with Gasteiger partial charge in [-0.2, -0.15) is 0 Å². The predicted molar refractivity (Wildman–Crippen MR) is 105 cm³/mol. The number of carbonyl (C=O) groups excluding carboxylic acids is 1. The molecule has 25 heavy (non-hydrogen) atoms. The lowest BCUT2D eigenvalue weighted by atomic mass is 10.2. The van der Waals surface area contributed by atoms with Crippen LogP contribution in [0.3, 0.4) is 0 Å². The van der Waals surface area contributed by atoms with Crippen molar-refractivity contribution in [2.24, 2.45) is 0 Å². The predicted octanol–water partition coefficient (Wildman–Crippen LogP) is 2.96. The van der Waals surface area contributed by atoms with E-state index in [-0.39, 0.29) is 5.11 Å². The standard InChI is InChI=1S/C14H19Cl3N4O3S/c1-21(2)13(22)20-11(14(15,16)17)19-12(25)18-9-7-8(23-3)5-6-10(9)24-4/h5-7,11H,1-4H3,(H,20,22)(H2,18,19,25)/t11-/m1/s1. The van der Waals surface area contributed by atoms with Crippen LogP contribution in [0.5, 0.6) is 11.5 Å². The number of methoxy groups -OCH3 is 2. The summed E-state index contributed by atoms with van der Waals surface area (Å²) in [5, 5.41) is 8.30. The van der Waals surface area contributed by atoms with E-state index in [4.69, 9.17) is 56.5 Å². The van der Waals surface area contributed by atoms with Crippen molar-refractivity contribution in [3.63, 3.8) is 0 Å². The van der Waals surface area contributed by atoms with Crippen LogP contribution in [0.1, 0.15) is 0 Å². The average molecular weight is 430 g/mol. The van der Waals surface area contributed by atoms with Gasteiger partial charge in [0, 0.05) is 20.2 Å². The van der Waals surface area contributed by atoms with Crippen molar-refractivity contribution in [3.05, 3.63) is 18.2 Å². The summed E-state index contributed by atoms with van der Waals surface area (Å²) in [6.45, 7) is 0. The average Bonchev–Trinajstić information content (AvgIpc) is 2.52. The van der Waals surface area contributed by atoms with Gasteiger partial charge in [0.25, 0.3) is 0 Å². The second-order valence-electron chi connectivity index (χ2n) is 4.98. The minimum Gasteiger partial charge on any atom is -0.497 e. The number of carbonyl (C=O) groups is 1. The van der Waals surface area contributed by atoms with Gasteiger partial charge in [-0.3, -0.25) is 0 Å². The van der Waals surface area contributed by atoms with Crippen molar-refractivity contribution in [1.82, 2.24) is 15.5 Å². The Morgan fingerprint density at radius 3 is 2.32 bits per heavy atom. The molecule has 1 rings (SSSR count). The van der Waals surface area contributed by atoms with Gasteiger partial charge in [0.05, 0.1) is 19.9 Å². The van der Waals surface area contributed by atoms with Gasteiger partial charge in [-0.25, -0.2) is 4.79 Å². The third-order valence-electron chi connectivity index (χ3n) is 2.93. The normalized spacial score (nSPS) is 12.0. The van der Waals surface area contributed by atoms with Gasteiger partial charge in [0.15, 0.2) is 11.3 Å². The van der Waals surface area contributed by atoms with E-state index in [9.17, 15) is 4.79 Å². The monoisotopic (exact) mass is 428 g/mol. The van der Waals surface area contributed by atoms with Gasteiger partial charge in [-0.1, -0.05) is 34.8 Å². The number of ether oxygens (including phenoxy) is 2. The van der Waals surface area contributed by atoms with E-state index in [2.05, 4.69) is 16.0 Å². The first-order chi connectivity index (χ1) is 11.6. The summed E-state index contributed by atoms with van der Waals surface area (Å²) in [4.78, 5) is 13.1. The molecule has 0 saturated heterocycles. The highest BCUT2D eigenvalue weighted by Gasteiger charge is 2.35. The van der Waals surface area contributed by atoms with Crippen LogP contribution in [-0.2, 0) is 0 Å². The molecule has 0 spiro atoms. The summed E-state index contributed by atoms with van der Waals surface area (Å²) in [5.74, 6) is 1.14. The second-order valence-corrected chi connectivity index (χ2v) is 7.76. The Kier molecular flexibility index (Phi) is 8.14. The molecule has 0 saturated carbocycles. The number of nitrogens with one attached hydrogen (secondary N) is 3. The maximum Gasteiger partial charge on any atom is 0.318 e. The number of anilines is 1. The van der Waals surface area contributed by atoms with Crippen molar-refractivity contribution < 1.29 is 14.3 Å². The summed E-state index contributed by atoms with van der Waals surface area (Å²) in [6.07, 6.45) is -1.07. The fourth-order valence-corrected chi connectivity index (χ4v) is 2.21. The summed E-state index contributed by atoms with van der Waals surface area (Å²) in [6, 6.07) is 4.69. The van der Waals surface area contributed by atoms with Gasteiger partial charge in [-0.05, 0) is 24.4 Å². The number of alkyl halides is 3. The highest BCUT2D eigenvalue weighted by molar-refractivity contribution is 7.80. The lowest BCUT2D eigenvalue weighted by Gasteiger charge is -2.29. The third-order valence-corrected chi connectivity index (χ3v) is 3.81. The first-order valence-electron chi connectivity index (χ1n) is 6.92. The first-order valence-corrected chi connectivity index (χ1v) is 8.46. The zero-order valence-electron chi connectivity index (χ0n) is 14.0. The molecule has 1 atom stereocenters. The van der Waals surface area contributed by atoms with Crippen LogP contribution in [0.4, 0.5) is 10.5 Å². The topological polar surface area (TPSA) is 74.9 Å². The fourth-order valence-electron chi connectivity index (χ4n) is 1.65. The van der Waals surface area contributed by atoms with Crippen molar-refractivity contribution in [2.45, 2.75) is 9.96 Å². The molecule has 0 aromatic heterocycles. The molecule has 0 heterocycles. The van der Waals surface area contributed by atoms with Crippen molar-refractivity contribution in [1.29, 1.82) is 0 Å².